The molecule has 1 heterocycles. The zero-order valence-corrected chi connectivity index (χ0v) is 20.6. The molecule has 1 aromatic heterocycles. The van der Waals surface area contributed by atoms with Gasteiger partial charge in [0, 0.05) is 12.0 Å². The minimum Gasteiger partial charge on any atom is -0.464 e. The Kier molecular flexibility index (Phi) is 8.36. The van der Waals surface area contributed by atoms with Crippen molar-refractivity contribution in [2.45, 2.75) is 44.2 Å². The summed E-state index contributed by atoms with van der Waals surface area (Å²) >= 11 is 0. The number of benzene rings is 2. The fourth-order valence-electron chi connectivity index (χ4n) is 3.50. The van der Waals surface area contributed by atoms with Crippen molar-refractivity contribution in [3.63, 3.8) is 0 Å². The maximum Gasteiger partial charge on any atom is 0.328 e. The van der Waals surface area contributed by atoms with E-state index in [1.54, 1.807) is 25.3 Å². The first-order valence-electron chi connectivity index (χ1n) is 11.2. The van der Waals surface area contributed by atoms with Gasteiger partial charge in [0.25, 0.3) is 0 Å². The Morgan fingerprint density at radius 2 is 1.74 bits per heavy atom. The van der Waals surface area contributed by atoms with Crippen LogP contribution >= 0.6 is 0 Å². The van der Waals surface area contributed by atoms with Gasteiger partial charge in [-0.15, -0.1) is 5.10 Å². The molecular formula is C24H29N5O5S. The van der Waals surface area contributed by atoms with Crippen LogP contribution in [0.2, 0.25) is 0 Å². The minimum absolute atomic E-state index is 0.0198. The van der Waals surface area contributed by atoms with E-state index in [1.807, 2.05) is 44.2 Å². The number of esters is 1. The van der Waals surface area contributed by atoms with Gasteiger partial charge in [0.1, 0.15) is 17.8 Å². The SMILES string of the molecule is CCOC(=O)C(NC(=O)C(Cc1ccccc1)n1cc(-c2ccc(S(N)(=O)=O)cc2)nn1)C(C)C. The maximum absolute atomic E-state index is 13.4. The summed E-state index contributed by atoms with van der Waals surface area (Å²) in [5.74, 6) is -1.08. The molecule has 35 heavy (non-hydrogen) atoms. The molecule has 1 amide bonds. The number of primary sulfonamides is 1. The molecule has 186 valence electrons. The van der Waals surface area contributed by atoms with Gasteiger partial charge in [0.05, 0.1) is 17.7 Å². The number of ether oxygens (including phenoxy) is 1. The highest BCUT2D eigenvalue weighted by atomic mass is 32.2. The lowest BCUT2D eigenvalue weighted by Gasteiger charge is -2.24. The summed E-state index contributed by atoms with van der Waals surface area (Å²) in [6.45, 7) is 5.57. The quantitative estimate of drug-likeness (QED) is 0.406. The van der Waals surface area contributed by atoms with Gasteiger partial charge in [-0.1, -0.05) is 61.5 Å². The number of carbonyl (C=O) groups excluding carboxylic acids is 2. The van der Waals surface area contributed by atoms with Crippen molar-refractivity contribution in [1.82, 2.24) is 20.3 Å². The van der Waals surface area contributed by atoms with Crippen LogP contribution in [0.1, 0.15) is 32.4 Å². The van der Waals surface area contributed by atoms with E-state index in [1.165, 1.54) is 16.8 Å². The zero-order valence-electron chi connectivity index (χ0n) is 19.8. The summed E-state index contributed by atoms with van der Waals surface area (Å²) in [5.41, 5.74) is 1.95. The van der Waals surface area contributed by atoms with Crippen LogP contribution in [0.5, 0.6) is 0 Å². The van der Waals surface area contributed by atoms with E-state index in [4.69, 9.17) is 9.88 Å². The fraction of sp³-hybridized carbons (Fsp3) is 0.333. The Labute approximate surface area is 204 Å². The van der Waals surface area contributed by atoms with Crippen molar-refractivity contribution in [2.75, 3.05) is 6.61 Å². The summed E-state index contributed by atoms with van der Waals surface area (Å²) in [4.78, 5) is 25.8. The third kappa shape index (κ3) is 6.74. The van der Waals surface area contributed by atoms with Gasteiger partial charge in [-0.25, -0.2) is 23.0 Å². The average molecular weight is 500 g/mol. The molecule has 0 aliphatic rings. The third-order valence-electron chi connectivity index (χ3n) is 5.39. The van der Waals surface area contributed by atoms with Crippen LogP contribution < -0.4 is 10.5 Å². The van der Waals surface area contributed by atoms with E-state index >= 15 is 0 Å². The lowest BCUT2D eigenvalue weighted by atomic mass is 10.0. The summed E-state index contributed by atoms with van der Waals surface area (Å²) in [5, 5.41) is 16.3. The first kappa shape index (κ1) is 26.0. The number of nitrogens with one attached hydrogen (secondary N) is 1. The van der Waals surface area contributed by atoms with Gasteiger partial charge in [-0.3, -0.25) is 4.79 Å². The summed E-state index contributed by atoms with van der Waals surface area (Å²) in [6, 6.07) is 13.7. The first-order chi connectivity index (χ1) is 16.6. The molecule has 0 aliphatic carbocycles. The molecule has 3 rings (SSSR count). The van der Waals surface area contributed by atoms with Crippen LogP contribution in [0.4, 0.5) is 0 Å². The Balaban J connectivity index is 1.91. The maximum atomic E-state index is 13.4. The second kappa shape index (κ2) is 11.2. The smallest absolute Gasteiger partial charge is 0.328 e. The van der Waals surface area contributed by atoms with Crippen molar-refractivity contribution in [3.8, 4) is 11.3 Å². The molecule has 0 spiro atoms. The van der Waals surface area contributed by atoms with E-state index in [0.29, 0.717) is 17.7 Å². The van der Waals surface area contributed by atoms with Crippen LogP contribution in [0, 0.1) is 5.92 Å². The number of nitrogens with zero attached hydrogens (tertiary/aromatic N) is 3. The summed E-state index contributed by atoms with van der Waals surface area (Å²) in [7, 11) is -3.82. The third-order valence-corrected chi connectivity index (χ3v) is 6.32. The van der Waals surface area contributed by atoms with Gasteiger partial charge in [-0.2, -0.15) is 0 Å². The van der Waals surface area contributed by atoms with E-state index < -0.39 is 34.0 Å². The predicted octanol–water partition coefficient (Wildman–Crippen LogP) is 2.08. The van der Waals surface area contributed by atoms with Gasteiger partial charge in [0.15, 0.2) is 0 Å². The first-order valence-corrected chi connectivity index (χ1v) is 12.7. The highest BCUT2D eigenvalue weighted by Gasteiger charge is 2.30. The number of carbonyl (C=O) groups is 2. The van der Waals surface area contributed by atoms with Crippen molar-refractivity contribution < 1.29 is 22.7 Å². The molecule has 2 unspecified atom stereocenters. The largest absolute Gasteiger partial charge is 0.464 e. The van der Waals surface area contributed by atoms with Crippen LogP contribution in [0.25, 0.3) is 11.3 Å². The van der Waals surface area contributed by atoms with Crippen molar-refractivity contribution in [1.29, 1.82) is 0 Å². The van der Waals surface area contributed by atoms with Crippen LogP contribution in [-0.4, -0.2) is 47.9 Å². The lowest BCUT2D eigenvalue weighted by Crippen LogP contribution is -2.48. The lowest BCUT2D eigenvalue weighted by molar-refractivity contribution is -0.149. The van der Waals surface area contributed by atoms with Crippen molar-refractivity contribution in [2.24, 2.45) is 11.1 Å². The fourth-order valence-corrected chi connectivity index (χ4v) is 4.02. The molecular weight excluding hydrogens is 470 g/mol. The standard InChI is InChI=1S/C24H29N5O5S/c1-4-34-24(31)22(16(2)3)26-23(30)21(14-17-8-6-5-7-9-17)29-15-20(27-28-29)18-10-12-19(13-11-18)35(25,32)33/h5-13,15-16,21-22H,4,14H2,1-3H3,(H,26,30)(H2,25,32,33). The average Bonchev–Trinajstić information content (AvgIpc) is 3.31. The highest BCUT2D eigenvalue weighted by Crippen LogP contribution is 2.22. The molecule has 2 aromatic carbocycles. The zero-order chi connectivity index (χ0) is 25.6. The normalized spacial score (nSPS) is 13.3. The van der Waals surface area contributed by atoms with Crippen LogP contribution in [-0.2, 0) is 30.8 Å². The Morgan fingerprint density at radius 1 is 1.09 bits per heavy atom. The second-order valence-corrected chi connectivity index (χ2v) is 9.90. The van der Waals surface area contributed by atoms with Crippen molar-refractivity contribution >= 4 is 21.9 Å². The number of hydrogen-bond donors (Lipinski definition) is 2. The molecule has 11 heteroatoms. The second-order valence-electron chi connectivity index (χ2n) is 8.34. The van der Waals surface area contributed by atoms with Gasteiger partial charge in [-0.05, 0) is 30.5 Å². The van der Waals surface area contributed by atoms with E-state index in [-0.39, 0.29) is 17.4 Å². The molecule has 0 fully saturated rings. The molecule has 3 aromatic rings. The minimum atomic E-state index is -3.82. The van der Waals surface area contributed by atoms with E-state index in [9.17, 15) is 18.0 Å². The topological polar surface area (TPSA) is 146 Å². The van der Waals surface area contributed by atoms with Crippen LogP contribution in [0.3, 0.4) is 0 Å². The number of rotatable bonds is 10. The Morgan fingerprint density at radius 3 is 2.31 bits per heavy atom. The molecule has 10 nitrogen and oxygen atoms in total. The monoisotopic (exact) mass is 499 g/mol. The highest BCUT2D eigenvalue weighted by molar-refractivity contribution is 7.89. The molecule has 0 aliphatic heterocycles. The van der Waals surface area contributed by atoms with Crippen LogP contribution in [0.15, 0.2) is 65.7 Å². The molecule has 0 radical (unpaired) electrons. The van der Waals surface area contributed by atoms with Gasteiger partial charge in [0.2, 0.25) is 15.9 Å². The van der Waals surface area contributed by atoms with Gasteiger partial charge >= 0.3 is 5.97 Å². The predicted molar refractivity (Wildman–Crippen MR) is 129 cm³/mol. The van der Waals surface area contributed by atoms with Crippen molar-refractivity contribution in [3.05, 3.63) is 66.4 Å². The summed E-state index contributed by atoms with van der Waals surface area (Å²) < 4.78 is 29.6. The Bertz CT molecular complexity index is 1260. The molecule has 2 atom stereocenters. The number of amides is 1. The number of hydrogen-bond acceptors (Lipinski definition) is 7. The number of aromatic nitrogens is 3. The molecule has 0 saturated heterocycles. The van der Waals surface area contributed by atoms with E-state index in [0.717, 1.165) is 5.56 Å². The molecule has 0 bridgehead atoms. The van der Waals surface area contributed by atoms with E-state index in [2.05, 4.69) is 15.6 Å². The number of sulfonamides is 1. The molecule has 0 saturated carbocycles. The number of nitrogens with two attached hydrogens (primary N) is 1. The summed E-state index contributed by atoms with van der Waals surface area (Å²) in [6.07, 6.45) is 1.92. The van der Waals surface area contributed by atoms with Gasteiger partial charge < -0.3 is 10.1 Å². The Hall–Kier alpha value is -3.57. The molecule has 3 N–H and O–H groups in total.